The maximum Gasteiger partial charge on any atom is 0.255 e. The zero-order valence-corrected chi connectivity index (χ0v) is 17.2. The van der Waals surface area contributed by atoms with Crippen LogP contribution in [0.2, 0.25) is 0 Å². The molecule has 30 heavy (non-hydrogen) atoms. The molecule has 0 aromatic heterocycles. The van der Waals surface area contributed by atoms with Gasteiger partial charge in [-0.25, -0.2) is 0 Å². The van der Waals surface area contributed by atoms with Crippen LogP contribution in [0.4, 0.5) is 0 Å². The first-order valence-corrected chi connectivity index (χ1v) is 9.67. The summed E-state index contributed by atoms with van der Waals surface area (Å²) in [5.41, 5.74) is 1.49. The van der Waals surface area contributed by atoms with Gasteiger partial charge in [0.25, 0.3) is 5.91 Å². The van der Waals surface area contributed by atoms with Crippen LogP contribution in [0.15, 0.2) is 66.5 Å². The minimum Gasteiger partial charge on any atom is -0.493 e. The molecule has 1 aliphatic heterocycles. The first kappa shape index (κ1) is 19.8. The number of ketones is 1. The summed E-state index contributed by atoms with van der Waals surface area (Å²) in [5.74, 6) is 1.03. The number of hydrogen-bond donors (Lipinski definition) is 0. The monoisotopic (exact) mass is 405 g/mol. The fraction of sp³-hybridized carbons (Fsp3) is 0.250. The number of amides is 1. The Balaban J connectivity index is 1.94. The number of nitrogens with zero attached hydrogens (tertiary/aromatic N) is 1. The molecule has 1 aliphatic carbocycles. The van der Waals surface area contributed by atoms with Crippen molar-refractivity contribution in [1.29, 1.82) is 0 Å². The SMILES string of the molecule is COC1=C[C@@]2(C=CC1=O)c1cc(OC)c(OC)cc1CCN2C(=O)c1ccccc1. The van der Waals surface area contributed by atoms with E-state index in [9.17, 15) is 9.59 Å². The summed E-state index contributed by atoms with van der Waals surface area (Å²) in [7, 11) is 4.62. The molecule has 0 saturated carbocycles. The van der Waals surface area contributed by atoms with Crippen LogP contribution >= 0.6 is 0 Å². The molecule has 0 radical (unpaired) electrons. The fourth-order valence-electron chi connectivity index (χ4n) is 4.17. The van der Waals surface area contributed by atoms with Crippen LogP contribution in [0, 0.1) is 0 Å². The smallest absolute Gasteiger partial charge is 0.255 e. The molecule has 0 saturated heterocycles. The van der Waals surface area contributed by atoms with Gasteiger partial charge in [0.1, 0.15) is 5.54 Å². The number of carbonyl (C=O) groups is 2. The Labute approximate surface area is 175 Å². The van der Waals surface area contributed by atoms with Crippen molar-refractivity contribution in [2.24, 2.45) is 0 Å². The van der Waals surface area contributed by atoms with Gasteiger partial charge in [0, 0.05) is 12.1 Å². The standard InChI is InChI=1S/C24H23NO5/c1-28-20-13-17-10-12-25(23(27)16-7-5-4-6-8-16)24(18(17)14-21(20)29-2)11-9-19(26)22(15-24)30-3/h4-9,11,13-15H,10,12H2,1-3H3/t24-/m0/s1. The minimum atomic E-state index is -0.973. The Bertz CT molecular complexity index is 1060. The third-order valence-corrected chi connectivity index (χ3v) is 5.66. The van der Waals surface area contributed by atoms with E-state index in [1.54, 1.807) is 43.4 Å². The number of allylic oxidation sites excluding steroid dienone is 1. The molecule has 2 aromatic rings. The van der Waals surface area contributed by atoms with Crippen LogP contribution in [-0.2, 0) is 21.5 Å². The molecule has 6 heteroatoms. The number of rotatable bonds is 4. The second-order valence-corrected chi connectivity index (χ2v) is 7.17. The first-order chi connectivity index (χ1) is 14.5. The average Bonchev–Trinajstić information content (AvgIpc) is 2.80. The molecule has 1 amide bonds. The van der Waals surface area contributed by atoms with E-state index in [0.717, 1.165) is 11.1 Å². The average molecular weight is 405 g/mol. The maximum absolute atomic E-state index is 13.5. The summed E-state index contributed by atoms with van der Waals surface area (Å²) in [6.07, 6.45) is 5.60. The van der Waals surface area contributed by atoms with Crippen molar-refractivity contribution in [2.75, 3.05) is 27.9 Å². The lowest BCUT2D eigenvalue weighted by molar-refractivity contribution is -0.114. The third kappa shape index (κ3) is 3.05. The molecule has 2 aromatic carbocycles. The number of carbonyl (C=O) groups excluding carboxylic acids is 2. The largest absolute Gasteiger partial charge is 0.493 e. The number of ether oxygens (including phenoxy) is 3. The van der Waals surface area contributed by atoms with Gasteiger partial charge >= 0.3 is 0 Å². The van der Waals surface area contributed by atoms with Crippen molar-refractivity contribution in [1.82, 2.24) is 4.90 Å². The quantitative estimate of drug-likeness (QED) is 0.781. The summed E-state index contributed by atoms with van der Waals surface area (Å²) in [5, 5.41) is 0. The Morgan fingerprint density at radius 2 is 1.70 bits per heavy atom. The van der Waals surface area contributed by atoms with Crippen LogP contribution in [0.25, 0.3) is 0 Å². The van der Waals surface area contributed by atoms with Gasteiger partial charge in [-0.2, -0.15) is 0 Å². The van der Waals surface area contributed by atoms with Gasteiger partial charge in [-0.3, -0.25) is 9.59 Å². The van der Waals surface area contributed by atoms with Gasteiger partial charge in [-0.15, -0.1) is 0 Å². The molecule has 0 unspecified atom stereocenters. The third-order valence-electron chi connectivity index (χ3n) is 5.66. The Kier molecular flexibility index (Phi) is 5.08. The molecular weight excluding hydrogens is 382 g/mol. The lowest BCUT2D eigenvalue weighted by Gasteiger charge is -2.46. The van der Waals surface area contributed by atoms with E-state index in [1.807, 2.05) is 30.3 Å². The second-order valence-electron chi connectivity index (χ2n) is 7.17. The molecule has 154 valence electrons. The van der Waals surface area contributed by atoms with E-state index in [0.29, 0.717) is 30.0 Å². The highest BCUT2D eigenvalue weighted by atomic mass is 16.5. The van der Waals surface area contributed by atoms with Crippen LogP contribution in [-0.4, -0.2) is 44.5 Å². The normalized spacial score (nSPS) is 19.9. The van der Waals surface area contributed by atoms with Crippen LogP contribution < -0.4 is 9.47 Å². The lowest BCUT2D eigenvalue weighted by Crippen LogP contribution is -2.52. The van der Waals surface area contributed by atoms with Crippen LogP contribution in [0.3, 0.4) is 0 Å². The predicted molar refractivity (Wildman–Crippen MR) is 112 cm³/mol. The lowest BCUT2D eigenvalue weighted by atomic mass is 9.77. The highest BCUT2D eigenvalue weighted by molar-refractivity contribution is 6.04. The number of hydrogen-bond acceptors (Lipinski definition) is 5. The van der Waals surface area contributed by atoms with Crippen molar-refractivity contribution >= 4 is 11.7 Å². The van der Waals surface area contributed by atoms with Crippen molar-refractivity contribution in [2.45, 2.75) is 12.0 Å². The van der Waals surface area contributed by atoms with E-state index in [-0.39, 0.29) is 17.4 Å². The summed E-state index contributed by atoms with van der Waals surface area (Å²) in [4.78, 5) is 27.6. The van der Waals surface area contributed by atoms with Crippen LogP contribution in [0.5, 0.6) is 11.5 Å². The minimum absolute atomic E-state index is 0.123. The zero-order chi connectivity index (χ0) is 21.3. The Hall–Kier alpha value is -3.54. The Morgan fingerprint density at radius 3 is 2.37 bits per heavy atom. The Morgan fingerprint density at radius 1 is 1.00 bits per heavy atom. The molecule has 4 rings (SSSR count). The molecule has 1 atom stereocenters. The second kappa shape index (κ2) is 7.71. The molecule has 0 bridgehead atoms. The maximum atomic E-state index is 13.5. The topological polar surface area (TPSA) is 65.1 Å². The van der Waals surface area contributed by atoms with Gasteiger partial charge in [-0.05, 0) is 60.0 Å². The molecular formula is C24H23NO5. The molecule has 2 aliphatic rings. The zero-order valence-electron chi connectivity index (χ0n) is 17.2. The molecule has 1 heterocycles. The number of benzene rings is 2. The van der Waals surface area contributed by atoms with Gasteiger partial charge in [0.05, 0.1) is 21.3 Å². The van der Waals surface area contributed by atoms with Crippen molar-refractivity contribution in [3.8, 4) is 11.5 Å². The van der Waals surface area contributed by atoms with Gasteiger partial charge in [0.2, 0.25) is 5.78 Å². The number of methoxy groups -OCH3 is 3. The predicted octanol–water partition coefficient (Wildman–Crippen LogP) is 3.27. The van der Waals surface area contributed by atoms with Gasteiger partial charge < -0.3 is 19.1 Å². The van der Waals surface area contributed by atoms with Gasteiger partial charge in [-0.1, -0.05) is 18.2 Å². The van der Waals surface area contributed by atoms with E-state index in [1.165, 1.54) is 13.2 Å². The number of fused-ring (bicyclic) bond motifs is 2. The molecule has 6 nitrogen and oxygen atoms in total. The van der Waals surface area contributed by atoms with E-state index in [4.69, 9.17) is 14.2 Å². The molecule has 0 N–H and O–H groups in total. The van der Waals surface area contributed by atoms with Crippen molar-refractivity contribution < 1.29 is 23.8 Å². The molecule has 0 fully saturated rings. The first-order valence-electron chi connectivity index (χ1n) is 9.67. The molecule has 1 spiro atoms. The highest BCUT2D eigenvalue weighted by Crippen LogP contribution is 2.45. The summed E-state index contributed by atoms with van der Waals surface area (Å²) < 4.78 is 16.3. The highest BCUT2D eigenvalue weighted by Gasteiger charge is 2.45. The fourth-order valence-corrected chi connectivity index (χ4v) is 4.17. The summed E-state index contributed by atoms with van der Waals surface area (Å²) >= 11 is 0. The summed E-state index contributed by atoms with van der Waals surface area (Å²) in [6.45, 7) is 0.474. The van der Waals surface area contributed by atoms with Gasteiger partial charge in [0.15, 0.2) is 17.3 Å². The van der Waals surface area contributed by atoms with E-state index < -0.39 is 5.54 Å². The van der Waals surface area contributed by atoms with E-state index >= 15 is 0 Å². The van der Waals surface area contributed by atoms with E-state index in [2.05, 4.69) is 0 Å². The van der Waals surface area contributed by atoms with Crippen molar-refractivity contribution in [3.63, 3.8) is 0 Å². The summed E-state index contributed by atoms with van der Waals surface area (Å²) in [6, 6.07) is 12.9. The van der Waals surface area contributed by atoms with Crippen molar-refractivity contribution in [3.05, 3.63) is 83.1 Å². The van der Waals surface area contributed by atoms with Crippen LogP contribution in [0.1, 0.15) is 21.5 Å².